The molecule has 38 heavy (non-hydrogen) atoms. The van der Waals surface area contributed by atoms with Crippen molar-refractivity contribution in [2.45, 2.75) is 40.7 Å². The first-order valence-electron chi connectivity index (χ1n) is 12.2. The molecule has 0 bridgehead atoms. The van der Waals surface area contributed by atoms with Crippen molar-refractivity contribution in [1.29, 1.82) is 0 Å². The molecule has 0 fully saturated rings. The number of hydrogen-bond donors (Lipinski definition) is 2. The molecular formula is C28H31ClN2O6S. The maximum atomic E-state index is 13.9. The highest BCUT2D eigenvalue weighted by Gasteiger charge is 2.40. The molecule has 3 rings (SSSR count). The number of carbonyl (C=O) groups is 2. The highest BCUT2D eigenvalue weighted by molar-refractivity contribution is 7.80. The number of phenolic OH excluding ortho intramolecular Hbond substituents is 1. The molecule has 1 aliphatic heterocycles. The second-order valence-electron chi connectivity index (χ2n) is 8.37. The molecule has 0 spiro atoms. The van der Waals surface area contributed by atoms with Crippen molar-refractivity contribution in [2.24, 2.45) is 0 Å². The molecule has 1 unspecified atom stereocenters. The summed E-state index contributed by atoms with van der Waals surface area (Å²) >= 11 is 11.7. The standard InChI is InChI=1S/C28H31ClN2O6S/c1-6-35-22-12-9-18(15-23(22)36-7-2)25-24(27(34)37-8-3)17(5)30-28(38)31(25)26(33)16(4)13-19-14-20(29)10-11-21(19)32/h9-15,25,32H,6-8H2,1-5H3,(H,30,38)/b16-13+. The smallest absolute Gasteiger partial charge is 0.338 e. The summed E-state index contributed by atoms with van der Waals surface area (Å²) in [7, 11) is 0. The van der Waals surface area contributed by atoms with Crippen LogP contribution in [0.1, 0.15) is 51.8 Å². The lowest BCUT2D eigenvalue weighted by molar-refractivity contribution is -0.139. The maximum Gasteiger partial charge on any atom is 0.338 e. The van der Waals surface area contributed by atoms with Gasteiger partial charge in [-0.25, -0.2) is 4.79 Å². The molecule has 10 heteroatoms. The van der Waals surface area contributed by atoms with Gasteiger partial charge in [0, 0.05) is 21.9 Å². The van der Waals surface area contributed by atoms with Gasteiger partial charge in [-0.05, 0) is 88.8 Å². The number of rotatable bonds is 9. The first kappa shape index (κ1) is 29.0. The van der Waals surface area contributed by atoms with Crippen LogP contribution in [-0.4, -0.2) is 46.8 Å². The number of hydrogen-bond acceptors (Lipinski definition) is 7. The average molecular weight is 559 g/mol. The largest absolute Gasteiger partial charge is 0.507 e. The normalized spacial score (nSPS) is 15.7. The van der Waals surface area contributed by atoms with Crippen molar-refractivity contribution in [3.63, 3.8) is 0 Å². The Morgan fingerprint density at radius 1 is 1.08 bits per heavy atom. The molecular weight excluding hydrogens is 528 g/mol. The Kier molecular flexibility index (Phi) is 9.77. The van der Waals surface area contributed by atoms with Crippen LogP contribution in [-0.2, 0) is 14.3 Å². The monoisotopic (exact) mass is 558 g/mol. The van der Waals surface area contributed by atoms with Crippen molar-refractivity contribution in [2.75, 3.05) is 19.8 Å². The second-order valence-corrected chi connectivity index (χ2v) is 9.19. The number of nitrogens with one attached hydrogen (secondary N) is 1. The number of aromatic hydroxyl groups is 1. The van der Waals surface area contributed by atoms with Crippen LogP contribution in [0.4, 0.5) is 0 Å². The van der Waals surface area contributed by atoms with Crippen molar-refractivity contribution >= 4 is 46.9 Å². The topological polar surface area (TPSA) is 97.3 Å². The van der Waals surface area contributed by atoms with Crippen LogP contribution in [0.25, 0.3) is 6.08 Å². The van der Waals surface area contributed by atoms with Crippen molar-refractivity contribution in [3.8, 4) is 17.2 Å². The molecule has 1 amide bonds. The number of carbonyl (C=O) groups excluding carboxylic acids is 2. The molecule has 0 saturated heterocycles. The maximum absolute atomic E-state index is 13.9. The van der Waals surface area contributed by atoms with E-state index in [9.17, 15) is 14.7 Å². The van der Waals surface area contributed by atoms with Gasteiger partial charge in [-0.2, -0.15) is 0 Å². The van der Waals surface area contributed by atoms with Crippen LogP contribution in [0.2, 0.25) is 5.02 Å². The van der Waals surface area contributed by atoms with Crippen molar-refractivity contribution < 1.29 is 28.9 Å². The fourth-order valence-electron chi connectivity index (χ4n) is 4.10. The minimum Gasteiger partial charge on any atom is -0.507 e. The number of nitrogens with zero attached hydrogens (tertiary/aromatic N) is 1. The zero-order chi connectivity index (χ0) is 28.0. The van der Waals surface area contributed by atoms with E-state index < -0.39 is 17.9 Å². The predicted octanol–water partition coefficient (Wildman–Crippen LogP) is 5.54. The number of allylic oxidation sites excluding steroid dienone is 1. The van der Waals surface area contributed by atoms with Gasteiger partial charge < -0.3 is 24.6 Å². The average Bonchev–Trinajstić information content (AvgIpc) is 2.86. The third-order valence-corrected chi connectivity index (χ3v) is 6.28. The summed E-state index contributed by atoms with van der Waals surface area (Å²) in [6.45, 7) is 9.72. The summed E-state index contributed by atoms with van der Waals surface area (Å²) in [5, 5.41) is 13.7. The van der Waals surface area contributed by atoms with Gasteiger partial charge in [0.25, 0.3) is 5.91 Å². The number of ether oxygens (including phenoxy) is 3. The number of amides is 1. The quantitative estimate of drug-likeness (QED) is 0.235. The number of thiocarbonyl (C=S) groups is 1. The summed E-state index contributed by atoms with van der Waals surface area (Å²) in [5.41, 5.74) is 1.92. The summed E-state index contributed by atoms with van der Waals surface area (Å²) in [4.78, 5) is 28.4. The Labute approximate surface area is 232 Å². The zero-order valence-electron chi connectivity index (χ0n) is 22.0. The number of esters is 1. The number of benzene rings is 2. The van der Waals surface area contributed by atoms with Crippen LogP contribution in [0, 0.1) is 0 Å². The van der Waals surface area contributed by atoms with E-state index in [4.69, 9.17) is 38.0 Å². The summed E-state index contributed by atoms with van der Waals surface area (Å²) < 4.78 is 16.9. The van der Waals surface area contributed by atoms with Crippen LogP contribution >= 0.6 is 23.8 Å². The Morgan fingerprint density at radius 2 is 1.76 bits per heavy atom. The molecule has 0 aromatic heterocycles. The van der Waals surface area contributed by atoms with E-state index in [1.54, 1.807) is 51.1 Å². The van der Waals surface area contributed by atoms with Crippen LogP contribution in [0.5, 0.6) is 17.2 Å². The van der Waals surface area contributed by atoms with Gasteiger partial charge in [-0.15, -0.1) is 0 Å². The zero-order valence-corrected chi connectivity index (χ0v) is 23.5. The lowest BCUT2D eigenvalue weighted by Crippen LogP contribution is -2.51. The Bertz CT molecular complexity index is 1310. The summed E-state index contributed by atoms with van der Waals surface area (Å²) in [5.74, 6) is -0.0795. The minimum atomic E-state index is -0.915. The van der Waals surface area contributed by atoms with E-state index >= 15 is 0 Å². The molecule has 1 heterocycles. The van der Waals surface area contributed by atoms with E-state index in [0.29, 0.717) is 46.6 Å². The number of halogens is 1. The molecule has 202 valence electrons. The van der Waals surface area contributed by atoms with Crippen LogP contribution in [0.3, 0.4) is 0 Å². The van der Waals surface area contributed by atoms with Gasteiger partial charge in [-0.1, -0.05) is 17.7 Å². The summed E-state index contributed by atoms with van der Waals surface area (Å²) in [6, 6.07) is 8.87. The number of phenols is 1. The second kappa shape index (κ2) is 12.8. The molecule has 2 aromatic rings. The van der Waals surface area contributed by atoms with Crippen LogP contribution in [0.15, 0.2) is 53.2 Å². The van der Waals surface area contributed by atoms with E-state index in [1.807, 2.05) is 13.8 Å². The molecule has 2 aromatic carbocycles. The Morgan fingerprint density at radius 3 is 2.42 bits per heavy atom. The van der Waals surface area contributed by atoms with E-state index in [2.05, 4.69) is 5.32 Å². The van der Waals surface area contributed by atoms with Gasteiger partial charge in [0.05, 0.1) is 31.4 Å². The Balaban J connectivity index is 2.18. The SMILES string of the molecule is CCOC(=O)C1=C(C)NC(=S)N(C(=O)/C(C)=C/c2cc(Cl)ccc2O)C1c1ccc(OCC)c(OCC)c1. The van der Waals surface area contributed by atoms with Crippen molar-refractivity contribution in [1.82, 2.24) is 10.2 Å². The third-order valence-electron chi connectivity index (χ3n) is 5.75. The highest BCUT2D eigenvalue weighted by Crippen LogP contribution is 2.39. The fraction of sp³-hybridized carbons (Fsp3) is 0.321. The molecule has 0 aliphatic carbocycles. The van der Waals surface area contributed by atoms with E-state index in [-0.39, 0.29) is 28.6 Å². The third kappa shape index (κ3) is 6.28. The van der Waals surface area contributed by atoms with Gasteiger partial charge >= 0.3 is 5.97 Å². The lowest BCUT2D eigenvalue weighted by Gasteiger charge is -2.38. The van der Waals surface area contributed by atoms with Crippen LogP contribution < -0.4 is 14.8 Å². The molecule has 2 N–H and O–H groups in total. The molecule has 8 nitrogen and oxygen atoms in total. The highest BCUT2D eigenvalue weighted by atomic mass is 35.5. The molecule has 0 radical (unpaired) electrons. The van der Waals surface area contributed by atoms with E-state index in [0.717, 1.165) is 0 Å². The predicted molar refractivity (Wildman–Crippen MR) is 150 cm³/mol. The summed E-state index contributed by atoms with van der Waals surface area (Å²) in [6.07, 6.45) is 1.52. The molecule has 0 saturated carbocycles. The van der Waals surface area contributed by atoms with Gasteiger partial charge in [0.2, 0.25) is 0 Å². The van der Waals surface area contributed by atoms with Crippen molar-refractivity contribution in [3.05, 3.63) is 69.4 Å². The van der Waals surface area contributed by atoms with E-state index in [1.165, 1.54) is 17.0 Å². The lowest BCUT2D eigenvalue weighted by atomic mass is 9.92. The first-order valence-corrected chi connectivity index (χ1v) is 13.0. The minimum absolute atomic E-state index is 0.0340. The fourth-order valence-corrected chi connectivity index (χ4v) is 4.62. The van der Waals surface area contributed by atoms with Gasteiger partial charge in [0.1, 0.15) is 5.75 Å². The van der Waals surface area contributed by atoms with Gasteiger partial charge in [0.15, 0.2) is 16.6 Å². The Hall–Kier alpha value is -3.56. The first-order chi connectivity index (χ1) is 18.1. The van der Waals surface area contributed by atoms with Gasteiger partial charge in [-0.3, -0.25) is 9.69 Å². The molecule has 1 aliphatic rings. The molecule has 1 atom stereocenters.